The standard InChI is InChI=1S/C11H21N3O4/c1-4-5-12-9(15)6-13-11(18)14(8(2)3)7-10(16)17/h8H,4-7H2,1-3H3,(H,12,15)(H,13,18)(H,16,17). The van der Waals surface area contributed by atoms with Crippen molar-refractivity contribution in [2.24, 2.45) is 0 Å². The van der Waals surface area contributed by atoms with E-state index >= 15 is 0 Å². The number of hydrogen-bond donors (Lipinski definition) is 3. The number of aliphatic carboxylic acids is 1. The van der Waals surface area contributed by atoms with Crippen molar-refractivity contribution < 1.29 is 19.5 Å². The summed E-state index contributed by atoms with van der Waals surface area (Å²) < 4.78 is 0. The lowest BCUT2D eigenvalue weighted by Gasteiger charge is -2.24. The van der Waals surface area contributed by atoms with Gasteiger partial charge in [0, 0.05) is 12.6 Å². The van der Waals surface area contributed by atoms with Crippen LogP contribution < -0.4 is 10.6 Å². The van der Waals surface area contributed by atoms with E-state index in [0.717, 1.165) is 11.3 Å². The Labute approximate surface area is 107 Å². The minimum atomic E-state index is -1.09. The van der Waals surface area contributed by atoms with Gasteiger partial charge in [0.05, 0.1) is 6.54 Å². The first kappa shape index (κ1) is 16.2. The van der Waals surface area contributed by atoms with Crippen LogP contribution in [0.2, 0.25) is 0 Å². The van der Waals surface area contributed by atoms with E-state index in [2.05, 4.69) is 10.6 Å². The molecule has 3 amide bonds. The fraction of sp³-hybridized carbons (Fsp3) is 0.727. The van der Waals surface area contributed by atoms with E-state index in [4.69, 9.17) is 5.11 Å². The molecule has 7 nitrogen and oxygen atoms in total. The van der Waals surface area contributed by atoms with Crippen molar-refractivity contribution in [3.05, 3.63) is 0 Å². The Bertz CT molecular complexity index is 305. The minimum Gasteiger partial charge on any atom is -0.480 e. The Morgan fingerprint density at radius 3 is 2.28 bits per heavy atom. The number of nitrogens with one attached hydrogen (secondary N) is 2. The predicted molar refractivity (Wildman–Crippen MR) is 66.2 cm³/mol. The van der Waals surface area contributed by atoms with Crippen LogP contribution in [0.4, 0.5) is 4.79 Å². The lowest BCUT2D eigenvalue weighted by Crippen LogP contribution is -2.49. The largest absolute Gasteiger partial charge is 0.480 e. The molecule has 0 atom stereocenters. The number of amides is 3. The number of nitrogens with zero attached hydrogens (tertiary/aromatic N) is 1. The molecule has 0 aliphatic rings. The SMILES string of the molecule is CCCNC(=O)CNC(=O)N(CC(=O)O)C(C)C. The van der Waals surface area contributed by atoms with E-state index in [0.29, 0.717) is 6.54 Å². The monoisotopic (exact) mass is 259 g/mol. The first-order chi connectivity index (χ1) is 8.38. The Balaban J connectivity index is 4.18. The van der Waals surface area contributed by atoms with Gasteiger partial charge in [-0.05, 0) is 20.3 Å². The number of carboxylic acid groups (broad SMARTS) is 1. The van der Waals surface area contributed by atoms with Crippen LogP contribution in [0.5, 0.6) is 0 Å². The lowest BCUT2D eigenvalue weighted by molar-refractivity contribution is -0.138. The summed E-state index contributed by atoms with van der Waals surface area (Å²) in [6.45, 7) is 5.35. The van der Waals surface area contributed by atoms with E-state index in [1.165, 1.54) is 0 Å². The highest BCUT2D eigenvalue weighted by atomic mass is 16.4. The predicted octanol–water partition coefficient (Wildman–Crippen LogP) is 0.0172. The summed E-state index contributed by atoms with van der Waals surface area (Å²) in [5.41, 5.74) is 0. The van der Waals surface area contributed by atoms with Gasteiger partial charge in [0.25, 0.3) is 0 Å². The molecular weight excluding hydrogens is 238 g/mol. The molecule has 0 aromatic heterocycles. The van der Waals surface area contributed by atoms with Crippen LogP contribution in [0.25, 0.3) is 0 Å². The molecule has 0 saturated carbocycles. The quantitative estimate of drug-likeness (QED) is 0.600. The Hall–Kier alpha value is -1.79. The molecule has 0 heterocycles. The summed E-state index contributed by atoms with van der Waals surface area (Å²) in [7, 11) is 0. The van der Waals surface area contributed by atoms with Crippen LogP contribution in [0.15, 0.2) is 0 Å². The Morgan fingerprint density at radius 1 is 1.22 bits per heavy atom. The van der Waals surface area contributed by atoms with Crippen molar-refractivity contribution in [1.29, 1.82) is 0 Å². The summed E-state index contributed by atoms with van der Waals surface area (Å²) in [4.78, 5) is 34.7. The average Bonchev–Trinajstić information content (AvgIpc) is 2.29. The third-order valence-corrected chi connectivity index (χ3v) is 2.16. The van der Waals surface area contributed by atoms with Gasteiger partial charge in [-0.1, -0.05) is 6.92 Å². The molecule has 0 aliphatic carbocycles. The van der Waals surface area contributed by atoms with Crippen molar-refractivity contribution in [2.75, 3.05) is 19.6 Å². The molecule has 7 heteroatoms. The molecule has 0 aromatic rings. The van der Waals surface area contributed by atoms with Gasteiger partial charge in [-0.2, -0.15) is 0 Å². The smallest absolute Gasteiger partial charge is 0.323 e. The van der Waals surface area contributed by atoms with Gasteiger partial charge in [0.1, 0.15) is 6.54 Å². The number of carbonyl (C=O) groups is 3. The van der Waals surface area contributed by atoms with Crippen molar-refractivity contribution in [3.63, 3.8) is 0 Å². The molecule has 0 radical (unpaired) electrons. The van der Waals surface area contributed by atoms with E-state index in [1.54, 1.807) is 13.8 Å². The van der Waals surface area contributed by atoms with Crippen LogP contribution >= 0.6 is 0 Å². The van der Waals surface area contributed by atoms with Crippen LogP contribution in [0, 0.1) is 0 Å². The molecule has 3 N–H and O–H groups in total. The first-order valence-electron chi connectivity index (χ1n) is 5.91. The van der Waals surface area contributed by atoms with Crippen molar-refractivity contribution in [1.82, 2.24) is 15.5 Å². The highest BCUT2D eigenvalue weighted by Crippen LogP contribution is 1.98. The Kier molecular flexibility index (Phi) is 7.50. The van der Waals surface area contributed by atoms with E-state index in [1.807, 2.05) is 6.92 Å². The molecule has 18 heavy (non-hydrogen) atoms. The van der Waals surface area contributed by atoms with Crippen LogP contribution in [0.3, 0.4) is 0 Å². The molecule has 0 unspecified atom stereocenters. The lowest BCUT2D eigenvalue weighted by atomic mass is 10.3. The highest BCUT2D eigenvalue weighted by Gasteiger charge is 2.19. The topological polar surface area (TPSA) is 98.7 Å². The van der Waals surface area contributed by atoms with Crippen LogP contribution in [-0.2, 0) is 9.59 Å². The molecule has 0 fully saturated rings. The molecule has 0 bridgehead atoms. The van der Waals surface area contributed by atoms with E-state index in [-0.39, 0.29) is 25.0 Å². The maximum Gasteiger partial charge on any atom is 0.323 e. The van der Waals surface area contributed by atoms with Gasteiger partial charge in [0.15, 0.2) is 0 Å². The number of carbonyl (C=O) groups excluding carboxylic acids is 2. The third-order valence-electron chi connectivity index (χ3n) is 2.16. The van der Waals surface area contributed by atoms with Crippen LogP contribution in [0.1, 0.15) is 27.2 Å². The van der Waals surface area contributed by atoms with Gasteiger partial charge in [-0.3, -0.25) is 9.59 Å². The molecule has 0 aromatic carbocycles. The summed E-state index contributed by atoms with van der Waals surface area (Å²) >= 11 is 0. The molecule has 0 spiro atoms. The van der Waals surface area contributed by atoms with Gasteiger partial charge in [-0.15, -0.1) is 0 Å². The molecule has 0 rings (SSSR count). The van der Waals surface area contributed by atoms with Gasteiger partial charge < -0.3 is 20.6 Å². The third kappa shape index (κ3) is 6.72. The van der Waals surface area contributed by atoms with Crippen molar-refractivity contribution >= 4 is 17.9 Å². The zero-order chi connectivity index (χ0) is 14.1. The number of hydrogen-bond acceptors (Lipinski definition) is 3. The summed E-state index contributed by atoms with van der Waals surface area (Å²) in [5.74, 6) is -1.38. The fourth-order valence-electron chi connectivity index (χ4n) is 1.22. The minimum absolute atomic E-state index is 0.151. The molecule has 0 saturated heterocycles. The second kappa shape index (κ2) is 8.32. The van der Waals surface area contributed by atoms with Crippen molar-refractivity contribution in [3.8, 4) is 0 Å². The zero-order valence-electron chi connectivity index (χ0n) is 11.0. The van der Waals surface area contributed by atoms with Gasteiger partial charge in [-0.25, -0.2) is 4.79 Å². The molecule has 104 valence electrons. The fourth-order valence-corrected chi connectivity index (χ4v) is 1.22. The zero-order valence-corrected chi connectivity index (χ0v) is 11.0. The Morgan fingerprint density at radius 2 is 1.83 bits per heavy atom. The number of carboxylic acids is 1. The maximum atomic E-state index is 11.7. The summed E-state index contributed by atoms with van der Waals surface area (Å²) in [6.07, 6.45) is 0.816. The normalized spacial score (nSPS) is 10.0. The highest BCUT2D eigenvalue weighted by molar-refractivity contribution is 5.85. The van der Waals surface area contributed by atoms with Gasteiger partial charge >= 0.3 is 12.0 Å². The number of rotatable bonds is 7. The molecule has 0 aliphatic heterocycles. The van der Waals surface area contributed by atoms with Gasteiger partial charge in [0.2, 0.25) is 5.91 Å². The van der Waals surface area contributed by atoms with E-state index in [9.17, 15) is 14.4 Å². The maximum absolute atomic E-state index is 11.7. The number of urea groups is 1. The second-order valence-corrected chi connectivity index (χ2v) is 4.12. The van der Waals surface area contributed by atoms with Crippen LogP contribution in [-0.4, -0.2) is 53.6 Å². The second-order valence-electron chi connectivity index (χ2n) is 4.12. The van der Waals surface area contributed by atoms with E-state index < -0.39 is 12.0 Å². The summed E-state index contributed by atoms with van der Waals surface area (Å²) in [6, 6.07) is -0.807. The average molecular weight is 259 g/mol. The van der Waals surface area contributed by atoms with Crippen molar-refractivity contribution in [2.45, 2.75) is 33.2 Å². The first-order valence-corrected chi connectivity index (χ1v) is 5.91. The molecular formula is C11H21N3O4. The summed E-state index contributed by atoms with van der Waals surface area (Å²) in [5, 5.41) is 13.7.